The summed E-state index contributed by atoms with van der Waals surface area (Å²) in [5.41, 5.74) is 6.39. The number of nitrogens with one attached hydrogen (secondary N) is 1. The van der Waals surface area contributed by atoms with Crippen molar-refractivity contribution in [1.82, 2.24) is 4.90 Å². The number of amides is 2. The van der Waals surface area contributed by atoms with Crippen molar-refractivity contribution in [2.45, 2.75) is 38.6 Å². The van der Waals surface area contributed by atoms with Gasteiger partial charge in [-0.05, 0) is 37.8 Å². The second-order valence-electron chi connectivity index (χ2n) is 6.11. The average Bonchev–Trinajstić information content (AvgIpc) is 2.93. The fourth-order valence-electron chi connectivity index (χ4n) is 3.02. The summed E-state index contributed by atoms with van der Waals surface area (Å²) in [6, 6.07) is 5.08. The molecule has 1 fully saturated rings. The van der Waals surface area contributed by atoms with Gasteiger partial charge in [0.15, 0.2) is 0 Å². The zero-order chi connectivity index (χ0) is 17.7. The summed E-state index contributed by atoms with van der Waals surface area (Å²) in [6.07, 6.45) is 3.41. The van der Waals surface area contributed by atoms with Gasteiger partial charge in [0.25, 0.3) is 0 Å². The molecule has 1 aromatic rings. The van der Waals surface area contributed by atoms with E-state index in [0.29, 0.717) is 28.7 Å². The van der Waals surface area contributed by atoms with Crippen LogP contribution in [0.2, 0.25) is 10.0 Å². The smallest absolute Gasteiger partial charge is 0.244 e. The van der Waals surface area contributed by atoms with E-state index in [1.54, 1.807) is 18.2 Å². The Bertz CT molecular complexity index is 593. The van der Waals surface area contributed by atoms with Gasteiger partial charge in [0, 0.05) is 19.0 Å². The molecule has 140 valence electrons. The molecular formula is C17H24Cl3N3O2. The maximum atomic E-state index is 12.4. The number of hydrogen-bond donors (Lipinski definition) is 2. The summed E-state index contributed by atoms with van der Waals surface area (Å²) in [5, 5.41) is 3.41. The van der Waals surface area contributed by atoms with Gasteiger partial charge in [-0.3, -0.25) is 9.59 Å². The van der Waals surface area contributed by atoms with Gasteiger partial charge in [-0.15, -0.1) is 12.4 Å². The highest BCUT2D eigenvalue weighted by molar-refractivity contribution is 6.39. The molecule has 1 saturated carbocycles. The summed E-state index contributed by atoms with van der Waals surface area (Å²) in [4.78, 5) is 26.2. The third kappa shape index (κ3) is 6.03. The van der Waals surface area contributed by atoms with Crippen LogP contribution in [0.5, 0.6) is 0 Å². The van der Waals surface area contributed by atoms with Crippen LogP contribution in [0.15, 0.2) is 18.2 Å². The molecule has 2 amide bonds. The van der Waals surface area contributed by atoms with Crippen molar-refractivity contribution >= 4 is 53.1 Å². The molecule has 1 aliphatic carbocycles. The van der Waals surface area contributed by atoms with Crippen LogP contribution in [0.3, 0.4) is 0 Å². The first kappa shape index (κ1) is 22.0. The van der Waals surface area contributed by atoms with Crippen molar-refractivity contribution in [1.29, 1.82) is 0 Å². The van der Waals surface area contributed by atoms with E-state index < -0.39 is 0 Å². The van der Waals surface area contributed by atoms with Gasteiger partial charge < -0.3 is 16.0 Å². The van der Waals surface area contributed by atoms with Crippen LogP contribution in [-0.2, 0) is 9.59 Å². The monoisotopic (exact) mass is 407 g/mol. The first-order chi connectivity index (χ1) is 11.4. The van der Waals surface area contributed by atoms with Gasteiger partial charge in [-0.1, -0.05) is 35.7 Å². The minimum atomic E-state index is -0.323. The molecule has 0 aliphatic heterocycles. The SMILES string of the molecule is CCN(CC(=O)Nc1c(Cl)cccc1Cl)C(=O)C[C@@H]1CCC[C@H]1N.Cl. The average molecular weight is 409 g/mol. The second-order valence-corrected chi connectivity index (χ2v) is 6.93. The number of anilines is 1. The van der Waals surface area contributed by atoms with E-state index in [4.69, 9.17) is 28.9 Å². The van der Waals surface area contributed by atoms with Crippen molar-refractivity contribution in [3.8, 4) is 0 Å². The molecule has 8 heteroatoms. The van der Waals surface area contributed by atoms with Gasteiger partial charge in [0.1, 0.15) is 0 Å². The lowest BCUT2D eigenvalue weighted by Crippen LogP contribution is -2.40. The van der Waals surface area contributed by atoms with Crippen molar-refractivity contribution in [3.63, 3.8) is 0 Å². The highest BCUT2D eigenvalue weighted by Gasteiger charge is 2.28. The second kappa shape index (κ2) is 10.2. The summed E-state index contributed by atoms with van der Waals surface area (Å²) in [6.45, 7) is 2.28. The number of benzene rings is 1. The molecule has 0 saturated heterocycles. The van der Waals surface area contributed by atoms with Crippen molar-refractivity contribution in [2.75, 3.05) is 18.4 Å². The topological polar surface area (TPSA) is 75.4 Å². The van der Waals surface area contributed by atoms with Crippen LogP contribution in [0.1, 0.15) is 32.6 Å². The molecule has 0 heterocycles. The molecular weight excluding hydrogens is 385 g/mol. The Morgan fingerprint density at radius 2 is 1.92 bits per heavy atom. The van der Waals surface area contributed by atoms with Gasteiger partial charge in [-0.25, -0.2) is 0 Å². The first-order valence-corrected chi connectivity index (χ1v) is 8.95. The standard InChI is InChI=1S/C17H23Cl2N3O2.ClH/c1-2-22(16(24)9-11-5-3-8-14(11)20)10-15(23)21-17-12(18)6-4-7-13(17)19;/h4,6-7,11,14H,2-3,5,8-10,20H2,1H3,(H,21,23);1H/t11-,14+;/m0./s1. The van der Waals surface area contributed by atoms with Gasteiger partial charge >= 0.3 is 0 Å². The molecule has 0 spiro atoms. The van der Waals surface area contributed by atoms with Crippen LogP contribution in [0.25, 0.3) is 0 Å². The predicted octanol–water partition coefficient (Wildman–Crippen LogP) is 3.72. The van der Waals surface area contributed by atoms with Crippen molar-refractivity contribution in [2.24, 2.45) is 11.7 Å². The number of hydrogen-bond acceptors (Lipinski definition) is 3. The fourth-order valence-corrected chi connectivity index (χ4v) is 3.51. The Kier molecular flexibility index (Phi) is 9.00. The van der Waals surface area contributed by atoms with Crippen molar-refractivity contribution in [3.05, 3.63) is 28.2 Å². The third-order valence-corrected chi connectivity index (χ3v) is 5.08. The van der Waals surface area contributed by atoms with E-state index >= 15 is 0 Å². The molecule has 5 nitrogen and oxygen atoms in total. The number of carbonyl (C=O) groups is 2. The number of halogens is 3. The summed E-state index contributed by atoms with van der Waals surface area (Å²) < 4.78 is 0. The number of likely N-dealkylation sites (N-methyl/N-ethyl adjacent to an activating group) is 1. The van der Waals surface area contributed by atoms with E-state index in [1.807, 2.05) is 6.92 Å². The Hall–Kier alpha value is -1.01. The van der Waals surface area contributed by atoms with E-state index in [1.165, 1.54) is 4.90 Å². The van der Waals surface area contributed by atoms with Crippen LogP contribution < -0.4 is 11.1 Å². The number of nitrogens with two attached hydrogens (primary N) is 1. The van der Waals surface area contributed by atoms with E-state index in [-0.39, 0.29) is 42.7 Å². The normalized spacial score (nSPS) is 19.2. The Morgan fingerprint density at radius 3 is 2.44 bits per heavy atom. The summed E-state index contributed by atoms with van der Waals surface area (Å²) >= 11 is 12.1. The van der Waals surface area contributed by atoms with Gasteiger partial charge in [0.2, 0.25) is 11.8 Å². The van der Waals surface area contributed by atoms with E-state index in [9.17, 15) is 9.59 Å². The predicted molar refractivity (Wildman–Crippen MR) is 105 cm³/mol. The number of carbonyl (C=O) groups excluding carboxylic acids is 2. The number of rotatable bonds is 6. The third-order valence-electron chi connectivity index (χ3n) is 4.45. The highest BCUT2D eigenvalue weighted by Crippen LogP contribution is 2.30. The Labute approximate surface area is 164 Å². The van der Waals surface area contributed by atoms with Crippen LogP contribution >= 0.6 is 35.6 Å². The molecule has 0 unspecified atom stereocenters. The molecule has 2 atom stereocenters. The first-order valence-electron chi connectivity index (χ1n) is 8.19. The number of para-hydroxylation sites is 1. The fraction of sp³-hybridized carbons (Fsp3) is 0.529. The Balaban J connectivity index is 0.00000312. The molecule has 3 N–H and O–H groups in total. The lowest BCUT2D eigenvalue weighted by Gasteiger charge is -2.23. The zero-order valence-corrected chi connectivity index (χ0v) is 16.5. The molecule has 0 radical (unpaired) electrons. The quantitative estimate of drug-likeness (QED) is 0.753. The largest absolute Gasteiger partial charge is 0.334 e. The molecule has 1 aliphatic rings. The van der Waals surface area contributed by atoms with E-state index in [0.717, 1.165) is 19.3 Å². The minimum absolute atomic E-state index is 0. The maximum Gasteiger partial charge on any atom is 0.244 e. The number of nitrogens with zero attached hydrogens (tertiary/aromatic N) is 1. The molecule has 1 aromatic carbocycles. The highest BCUT2D eigenvalue weighted by atomic mass is 35.5. The summed E-state index contributed by atoms with van der Waals surface area (Å²) in [5.74, 6) is -0.149. The van der Waals surface area contributed by atoms with Crippen LogP contribution in [0, 0.1) is 5.92 Å². The van der Waals surface area contributed by atoms with Gasteiger partial charge in [0.05, 0.1) is 22.3 Å². The molecule has 0 bridgehead atoms. The van der Waals surface area contributed by atoms with E-state index in [2.05, 4.69) is 5.32 Å². The minimum Gasteiger partial charge on any atom is -0.334 e. The van der Waals surface area contributed by atoms with Crippen LogP contribution in [0.4, 0.5) is 5.69 Å². The lowest BCUT2D eigenvalue weighted by molar-refractivity contribution is -0.135. The molecule has 25 heavy (non-hydrogen) atoms. The Morgan fingerprint density at radius 1 is 1.28 bits per heavy atom. The van der Waals surface area contributed by atoms with Crippen molar-refractivity contribution < 1.29 is 9.59 Å². The van der Waals surface area contributed by atoms with Gasteiger partial charge in [-0.2, -0.15) is 0 Å². The molecule has 2 rings (SSSR count). The van der Waals surface area contributed by atoms with Crippen LogP contribution in [-0.4, -0.2) is 35.8 Å². The molecule has 0 aromatic heterocycles. The maximum absolute atomic E-state index is 12.4. The zero-order valence-electron chi connectivity index (χ0n) is 14.1. The lowest BCUT2D eigenvalue weighted by atomic mass is 9.99. The summed E-state index contributed by atoms with van der Waals surface area (Å²) in [7, 11) is 0.